The van der Waals surface area contributed by atoms with Gasteiger partial charge in [-0.3, -0.25) is 9.79 Å². The summed E-state index contributed by atoms with van der Waals surface area (Å²) in [7, 11) is 1.26. The Morgan fingerprint density at radius 1 is 1.41 bits per heavy atom. The number of amides is 1. The van der Waals surface area contributed by atoms with Crippen LogP contribution in [0.2, 0.25) is 0 Å². The van der Waals surface area contributed by atoms with Crippen molar-refractivity contribution in [1.29, 1.82) is 0 Å². The van der Waals surface area contributed by atoms with Crippen LogP contribution in [0, 0.1) is 17.7 Å². The number of aliphatic imine (C=N–C) groups is 1. The summed E-state index contributed by atoms with van der Waals surface area (Å²) in [4.78, 5) is 24.5. The van der Waals surface area contributed by atoms with E-state index in [1.807, 2.05) is 0 Å². The first-order valence-corrected chi connectivity index (χ1v) is 10.1. The second kappa shape index (κ2) is 7.58. The first-order chi connectivity index (χ1) is 13.9. The highest BCUT2D eigenvalue weighted by Gasteiger charge is 2.48. The van der Waals surface area contributed by atoms with Gasteiger partial charge in [0.05, 0.1) is 18.8 Å². The molecule has 2 heterocycles. The fraction of sp³-hybridized carbons (Fsp3) is 0.368. The molecule has 7 nitrogen and oxygen atoms in total. The third-order valence-corrected chi connectivity index (χ3v) is 6.29. The molecule has 29 heavy (non-hydrogen) atoms. The van der Waals surface area contributed by atoms with Crippen LogP contribution in [-0.4, -0.2) is 33.9 Å². The van der Waals surface area contributed by atoms with Crippen molar-refractivity contribution in [2.75, 3.05) is 18.2 Å². The first-order valence-electron chi connectivity index (χ1n) is 9.09. The molecule has 1 aliphatic carbocycles. The Labute approximate surface area is 170 Å². The van der Waals surface area contributed by atoms with Crippen molar-refractivity contribution in [2.45, 2.75) is 24.8 Å². The van der Waals surface area contributed by atoms with E-state index in [9.17, 15) is 13.6 Å². The summed E-state index contributed by atoms with van der Waals surface area (Å²) in [6.45, 7) is 0. The average Bonchev–Trinajstić information content (AvgIpc) is 3.13. The smallest absolute Gasteiger partial charge is 0.279 e. The molecule has 1 fully saturated rings. The molecule has 0 spiro atoms. The maximum atomic E-state index is 14.8. The molecule has 1 amide bonds. The number of thioether (sulfide) groups is 1. The number of carbonyl (C=O) groups excluding carboxylic acids is 1. The number of aromatic nitrogens is 2. The number of hydrogen-bond donors (Lipinski definition) is 2. The van der Waals surface area contributed by atoms with Gasteiger partial charge in [0.15, 0.2) is 10.9 Å². The van der Waals surface area contributed by atoms with Crippen LogP contribution in [0.3, 0.4) is 0 Å². The number of nitrogens with two attached hydrogens (primary N) is 1. The van der Waals surface area contributed by atoms with Gasteiger partial charge in [0, 0.05) is 17.0 Å². The minimum atomic E-state index is -0.862. The van der Waals surface area contributed by atoms with Gasteiger partial charge >= 0.3 is 0 Å². The predicted molar refractivity (Wildman–Crippen MR) is 106 cm³/mol. The van der Waals surface area contributed by atoms with E-state index in [1.54, 1.807) is 6.07 Å². The van der Waals surface area contributed by atoms with Gasteiger partial charge in [-0.05, 0) is 37.0 Å². The lowest BCUT2D eigenvalue weighted by Gasteiger charge is -2.36. The van der Waals surface area contributed by atoms with Crippen LogP contribution in [0.25, 0.3) is 0 Å². The molecule has 0 bridgehead atoms. The van der Waals surface area contributed by atoms with E-state index in [-0.39, 0.29) is 17.5 Å². The molecular formula is C19H19F2N5O2S. The standard InChI is InChI=1S/C19H19F2N5O2S/c1-28-17-15(23-8-14(21)25-17)16(27)24-11-4-5-13(20)12(7-11)19-6-2-3-10(19)9-29-18(22)26-19/h4-5,7-8,10H,2-3,6,9H2,1H3,(H2,22,26)(H,24,27)/t10-,19-/m0/s1. The highest BCUT2D eigenvalue weighted by Crippen LogP contribution is 2.51. The molecule has 0 saturated heterocycles. The topological polar surface area (TPSA) is 102 Å². The summed E-state index contributed by atoms with van der Waals surface area (Å²) in [5, 5.41) is 3.10. The molecule has 1 aromatic carbocycles. The van der Waals surface area contributed by atoms with Crippen molar-refractivity contribution in [1.82, 2.24) is 9.97 Å². The lowest BCUT2D eigenvalue weighted by Crippen LogP contribution is -2.37. The molecule has 2 aliphatic rings. The minimum absolute atomic E-state index is 0.173. The Morgan fingerprint density at radius 3 is 3.03 bits per heavy atom. The fourth-order valence-corrected chi connectivity index (χ4v) is 5.08. The quantitative estimate of drug-likeness (QED) is 0.790. The monoisotopic (exact) mass is 419 g/mol. The number of nitrogens with zero attached hydrogens (tertiary/aromatic N) is 3. The van der Waals surface area contributed by atoms with E-state index >= 15 is 0 Å². The summed E-state index contributed by atoms with van der Waals surface area (Å²) in [5.41, 5.74) is 5.86. The third-order valence-electron chi connectivity index (χ3n) is 5.34. The number of amidine groups is 1. The van der Waals surface area contributed by atoms with Gasteiger partial charge in [0.1, 0.15) is 5.82 Å². The van der Waals surface area contributed by atoms with Gasteiger partial charge < -0.3 is 15.8 Å². The van der Waals surface area contributed by atoms with Crippen LogP contribution >= 0.6 is 11.8 Å². The molecular weight excluding hydrogens is 400 g/mol. The normalized spacial score (nSPS) is 23.3. The van der Waals surface area contributed by atoms with E-state index < -0.39 is 23.2 Å². The van der Waals surface area contributed by atoms with Gasteiger partial charge in [0.25, 0.3) is 5.91 Å². The number of benzene rings is 1. The van der Waals surface area contributed by atoms with Crippen LogP contribution in [0.15, 0.2) is 29.4 Å². The Kier molecular flexibility index (Phi) is 5.12. The summed E-state index contributed by atoms with van der Waals surface area (Å²) in [6, 6.07) is 4.34. The highest BCUT2D eigenvalue weighted by atomic mass is 32.2. The van der Waals surface area contributed by atoms with Crippen molar-refractivity contribution in [2.24, 2.45) is 16.6 Å². The lowest BCUT2D eigenvalue weighted by molar-refractivity contribution is 0.101. The van der Waals surface area contributed by atoms with Gasteiger partial charge in [-0.15, -0.1) is 0 Å². The summed E-state index contributed by atoms with van der Waals surface area (Å²) >= 11 is 1.49. The van der Waals surface area contributed by atoms with E-state index in [0.29, 0.717) is 22.8 Å². The molecule has 2 aromatic rings. The third kappa shape index (κ3) is 3.52. The molecule has 1 aliphatic heterocycles. The molecule has 0 radical (unpaired) electrons. The van der Waals surface area contributed by atoms with Gasteiger partial charge in [-0.25, -0.2) is 9.37 Å². The van der Waals surface area contributed by atoms with E-state index in [0.717, 1.165) is 24.8 Å². The van der Waals surface area contributed by atoms with Crippen molar-refractivity contribution < 1.29 is 18.3 Å². The number of carbonyl (C=O) groups is 1. The Hall–Kier alpha value is -2.75. The van der Waals surface area contributed by atoms with Crippen LogP contribution in [0.1, 0.15) is 35.3 Å². The van der Waals surface area contributed by atoms with Crippen molar-refractivity contribution >= 4 is 28.5 Å². The van der Waals surface area contributed by atoms with Crippen molar-refractivity contribution in [3.05, 3.63) is 47.4 Å². The number of halogens is 2. The number of nitrogens with one attached hydrogen (secondary N) is 1. The number of ether oxygens (including phenoxy) is 1. The highest BCUT2D eigenvalue weighted by molar-refractivity contribution is 8.13. The zero-order valence-corrected chi connectivity index (χ0v) is 16.4. The van der Waals surface area contributed by atoms with Crippen LogP contribution < -0.4 is 15.8 Å². The lowest BCUT2D eigenvalue weighted by atomic mass is 9.81. The van der Waals surface area contributed by atoms with E-state index in [2.05, 4.69) is 20.3 Å². The number of anilines is 1. The maximum absolute atomic E-state index is 14.8. The van der Waals surface area contributed by atoms with E-state index in [1.165, 1.54) is 31.0 Å². The van der Waals surface area contributed by atoms with Gasteiger partial charge in [-0.2, -0.15) is 9.37 Å². The maximum Gasteiger partial charge on any atom is 0.279 e. The zero-order valence-electron chi connectivity index (χ0n) is 15.6. The minimum Gasteiger partial charge on any atom is -0.479 e. The average molecular weight is 419 g/mol. The molecule has 1 saturated carbocycles. The Balaban J connectivity index is 1.68. The number of methoxy groups -OCH3 is 1. The molecule has 4 rings (SSSR count). The zero-order chi connectivity index (χ0) is 20.6. The first kappa shape index (κ1) is 19.6. The Bertz CT molecular complexity index is 1000. The summed E-state index contributed by atoms with van der Waals surface area (Å²) in [6.07, 6.45) is 3.40. The molecule has 10 heteroatoms. The molecule has 2 atom stereocenters. The van der Waals surface area contributed by atoms with E-state index in [4.69, 9.17) is 10.5 Å². The SMILES string of the molecule is COc1nc(F)cnc1C(=O)Nc1ccc(F)c([C@]23CCC[C@H]2CSC(N)=N3)c1. The Morgan fingerprint density at radius 2 is 2.24 bits per heavy atom. The molecule has 1 aromatic heterocycles. The van der Waals surface area contributed by atoms with Crippen LogP contribution in [0.4, 0.5) is 14.5 Å². The van der Waals surface area contributed by atoms with Crippen molar-refractivity contribution in [3.8, 4) is 5.88 Å². The van der Waals surface area contributed by atoms with Gasteiger partial charge in [0.2, 0.25) is 11.8 Å². The molecule has 0 unspecified atom stereocenters. The number of hydrogen-bond acceptors (Lipinski definition) is 7. The molecule has 152 valence electrons. The second-order valence-electron chi connectivity index (χ2n) is 6.97. The number of fused-ring (bicyclic) bond motifs is 1. The summed E-state index contributed by atoms with van der Waals surface area (Å²) in [5.74, 6) is -1.16. The molecule has 3 N–H and O–H groups in total. The van der Waals surface area contributed by atoms with Gasteiger partial charge in [-0.1, -0.05) is 18.2 Å². The number of rotatable bonds is 4. The summed E-state index contributed by atoms with van der Waals surface area (Å²) < 4.78 is 33.0. The largest absolute Gasteiger partial charge is 0.479 e. The predicted octanol–water partition coefficient (Wildman–Crippen LogP) is 3.07. The fourth-order valence-electron chi connectivity index (χ4n) is 4.03. The van der Waals surface area contributed by atoms with Crippen LogP contribution in [-0.2, 0) is 5.54 Å². The van der Waals surface area contributed by atoms with Crippen LogP contribution in [0.5, 0.6) is 5.88 Å². The van der Waals surface area contributed by atoms with Crippen molar-refractivity contribution in [3.63, 3.8) is 0 Å². The second-order valence-corrected chi connectivity index (χ2v) is 8.01.